The molecule has 0 aliphatic heterocycles. The lowest BCUT2D eigenvalue weighted by Gasteiger charge is -2.06. The van der Waals surface area contributed by atoms with E-state index in [-0.39, 0.29) is 5.97 Å². The van der Waals surface area contributed by atoms with E-state index in [0.29, 0.717) is 13.0 Å². The van der Waals surface area contributed by atoms with Gasteiger partial charge in [-0.15, -0.1) is 0 Å². The van der Waals surface area contributed by atoms with Crippen LogP contribution in [-0.4, -0.2) is 24.1 Å². The summed E-state index contributed by atoms with van der Waals surface area (Å²) in [5.74, 6) is 2.13. The van der Waals surface area contributed by atoms with Crippen LogP contribution >= 0.6 is 11.8 Å². The zero-order chi connectivity index (χ0) is 29.0. The highest BCUT2D eigenvalue weighted by Crippen LogP contribution is 2.16. The highest BCUT2D eigenvalue weighted by Gasteiger charge is 2.03. The molecule has 0 aliphatic rings. The zero-order valence-corrected chi connectivity index (χ0v) is 28.6. The quantitative estimate of drug-likeness (QED) is 0.0549. The number of thioether (sulfide) groups is 1. The van der Waals surface area contributed by atoms with E-state index in [4.69, 9.17) is 4.74 Å². The van der Waals surface area contributed by atoms with Crippen LogP contribution in [0.15, 0.2) is 0 Å². The van der Waals surface area contributed by atoms with Crippen molar-refractivity contribution in [3.05, 3.63) is 0 Å². The largest absolute Gasteiger partial charge is 0.466 e. The minimum atomic E-state index is 0.00872. The van der Waals surface area contributed by atoms with Crippen molar-refractivity contribution in [1.29, 1.82) is 0 Å². The molecule has 0 aromatic rings. The minimum absolute atomic E-state index is 0.00872. The average molecular weight is 583 g/mol. The first-order chi connectivity index (χ1) is 19.8. The van der Waals surface area contributed by atoms with Gasteiger partial charge >= 0.3 is 5.97 Å². The lowest BCUT2D eigenvalue weighted by atomic mass is 10.0. The Kier molecular flexibility index (Phi) is 36.7. The van der Waals surface area contributed by atoms with Crippen molar-refractivity contribution in [3.8, 4) is 0 Å². The van der Waals surface area contributed by atoms with E-state index in [0.717, 1.165) is 12.2 Å². The first kappa shape index (κ1) is 39.8. The van der Waals surface area contributed by atoms with Crippen molar-refractivity contribution in [2.75, 3.05) is 18.1 Å². The van der Waals surface area contributed by atoms with Gasteiger partial charge in [0.25, 0.3) is 0 Å². The Hall–Kier alpha value is -0.180. The number of esters is 1. The van der Waals surface area contributed by atoms with Crippen LogP contribution in [0.4, 0.5) is 0 Å². The summed E-state index contributed by atoms with van der Waals surface area (Å²) in [6.45, 7) is 5.21. The molecule has 0 radical (unpaired) electrons. The molecule has 0 rings (SSSR count). The molecule has 0 aromatic heterocycles. The second-order valence-corrected chi connectivity index (χ2v) is 13.7. The van der Waals surface area contributed by atoms with Crippen LogP contribution in [0.5, 0.6) is 0 Å². The smallest absolute Gasteiger partial charge is 0.306 e. The van der Waals surface area contributed by atoms with E-state index in [1.807, 2.05) is 11.8 Å². The summed E-state index contributed by atoms with van der Waals surface area (Å²) < 4.78 is 5.44. The van der Waals surface area contributed by atoms with Crippen LogP contribution in [0, 0.1) is 0 Å². The maximum Gasteiger partial charge on any atom is 0.306 e. The van der Waals surface area contributed by atoms with Gasteiger partial charge in [-0.05, 0) is 18.6 Å². The first-order valence-electron chi connectivity index (χ1n) is 18.5. The molecule has 0 spiro atoms. The fourth-order valence-electron chi connectivity index (χ4n) is 5.56. The summed E-state index contributed by atoms with van der Waals surface area (Å²) in [7, 11) is 0. The van der Waals surface area contributed by atoms with Gasteiger partial charge in [-0.1, -0.05) is 194 Å². The Bertz CT molecular complexity index is 427. The van der Waals surface area contributed by atoms with Gasteiger partial charge < -0.3 is 4.74 Å². The van der Waals surface area contributed by atoms with Crippen LogP contribution in [0.3, 0.4) is 0 Å². The van der Waals surface area contributed by atoms with Crippen LogP contribution in [0.1, 0.15) is 213 Å². The molecule has 2 nitrogen and oxygen atoms in total. The molecule has 0 aliphatic carbocycles. The predicted molar refractivity (Wildman–Crippen MR) is 183 cm³/mol. The average Bonchev–Trinajstić information content (AvgIpc) is 2.96. The molecule has 0 bridgehead atoms. The summed E-state index contributed by atoms with van der Waals surface area (Å²) in [6.07, 6.45) is 42.4. The zero-order valence-electron chi connectivity index (χ0n) is 27.8. The fraction of sp³-hybridized carbons (Fsp3) is 0.973. The molecule has 0 aromatic carbocycles. The number of carbonyl (C=O) groups excluding carboxylic acids is 1. The molecular weight excluding hydrogens is 508 g/mol. The van der Waals surface area contributed by atoms with Gasteiger partial charge in [-0.3, -0.25) is 4.79 Å². The van der Waals surface area contributed by atoms with Gasteiger partial charge in [-0.2, -0.15) is 11.8 Å². The van der Waals surface area contributed by atoms with Crippen molar-refractivity contribution < 1.29 is 9.53 Å². The molecule has 3 heteroatoms. The first-order valence-corrected chi connectivity index (χ1v) is 19.7. The number of rotatable bonds is 35. The summed E-state index contributed by atoms with van der Waals surface area (Å²) in [5, 5.41) is 0. The van der Waals surface area contributed by atoms with Crippen LogP contribution in [-0.2, 0) is 9.53 Å². The third-order valence-corrected chi connectivity index (χ3v) is 9.42. The van der Waals surface area contributed by atoms with Crippen LogP contribution in [0.2, 0.25) is 0 Å². The van der Waals surface area contributed by atoms with Gasteiger partial charge in [0, 0.05) is 5.75 Å². The van der Waals surface area contributed by atoms with Gasteiger partial charge in [0.2, 0.25) is 0 Å². The Morgan fingerprint density at radius 1 is 0.400 bits per heavy atom. The Balaban J connectivity index is 3.14. The molecule has 0 fully saturated rings. The van der Waals surface area contributed by atoms with Gasteiger partial charge in [0.05, 0.1) is 13.0 Å². The normalized spacial score (nSPS) is 11.3. The van der Waals surface area contributed by atoms with E-state index < -0.39 is 0 Å². The van der Waals surface area contributed by atoms with E-state index in [1.54, 1.807) is 0 Å². The van der Waals surface area contributed by atoms with Gasteiger partial charge in [0.1, 0.15) is 0 Å². The standard InChI is InChI=1S/C37H74O2S/c1-3-5-7-9-11-13-15-17-19-20-21-23-25-27-29-31-34-39-37(38)33-36-40-35-32-30-28-26-24-22-18-16-14-12-10-8-6-4-2/h3-36H2,1-2H3. The highest BCUT2D eigenvalue weighted by molar-refractivity contribution is 7.99. The summed E-state index contributed by atoms with van der Waals surface area (Å²) in [4.78, 5) is 11.9. The summed E-state index contributed by atoms with van der Waals surface area (Å²) in [5.41, 5.74) is 0. The molecule has 0 amide bonds. The van der Waals surface area contributed by atoms with E-state index in [9.17, 15) is 4.79 Å². The molecule has 0 saturated carbocycles. The number of hydrogen-bond acceptors (Lipinski definition) is 3. The van der Waals surface area contributed by atoms with Crippen molar-refractivity contribution in [1.82, 2.24) is 0 Å². The van der Waals surface area contributed by atoms with Crippen molar-refractivity contribution in [2.45, 2.75) is 213 Å². The van der Waals surface area contributed by atoms with Crippen molar-refractivity contribution >= 4 is 17.7 Å². The van der Waals surface area contributed by atoms with E-state index in [1.165, 1.54) is 192 Å². The number of carbonyl (C=O) groups is 1. The predicted octanol–water partition coefficient (Wildman–Crippen LogP) is 13.4. The third-order valence-electron chi connectivity index (χ3n) is 8.35. The molecule has 0 N–H and O–H groups in total. The molecule has 240 valence electrons. The second kappa shape index (κ2) is 36.8. The lowest BCUT2D eigenvalue weighted by molar-refractivity contribution is -0.143. The third kappa shape index (κ3) is 35.8. The van der Waals surface area contributed by atoms with E-state index >= 15 is 0 Å². The number of unbranched alkanes of at least 4 members (excludes halogenated alkanes) is 28. The second-order valence-electron chi connectivity index (χ2n) is 12.5. The Morgan fingerprint density at radius 2 is 0.700 bits per heavy atom. The summed E-state index contributed by atoms with van der Waals surface area (Å²) in [6, 6.07) is 0. The highest BCUT2D eigenvalue weighted by atomic mass is 32.2. The lowest BCUT2D eigenvalue weighted by Crippen LogP contribution is -2.07. The fourth-order valence-corrected chi connectivity index (χ4v) is 6.49. The molecule has 0 atom stereocenters. The monoisotopic (exact) mass is 583 g/mol. The number of hydrogen-bond donors (Lipinski definition) is 0. The molecule has 0 saturated heterocycles. The maximum absolute atomic E-state index is 11.9. The topological polar surface area (TPSA) is 26.3 Å². The van der Waals surface area contributed by atoms with Gasteiger partial charge in [0.15, 0.2) is 0 Å². The molecule has 0 heterocycles. The molecular formula is C37H74O2S. The van der Waals surface area contributed by atoms with Gasteiger partial charge in [-0.25, -0.2) is 0 Å². The molecule has 40 heavy (non-hydrogen) atoms. The maximum atomic E-state index is 11.9. The van der Waals surface area contributed by atoms with Crippen molar-refractivity contribution in [2.24, 2.45) is 0 Å². The van der Waals surface area contributed by atoms with Crippen LogP contribution < -0.4 is 0 Å². The van der Waals surface area contributed by atoms with E-state index in [2.05, 4.69) is 13.8 Å². The Labute approximate surface area is 257 Å². The Morgan fingerprint density at radius 3 is 1.05 bits per heavy atom. The molecule has 0 unspecified atom stereocenters. The van der Waals surface area contributed by atoms with Crippen LogP contribution in [0.25, 0.3) is 0 Å². The summed E-state index contributed by atoms with van der Waals surface area (Å²) >= 11 is 1.93. The van der Waals surface area contributed by atoms with Crippen molar-refractivity contribution in [3.63, 3.8) is 0 Å². The minimum Gasteiger partial charge on any atom is -0.466 e. The SMILES string of the molecule is CCCCCCCCCCCCCCCCCCOC(=O)CCSCCCCCCCCCCCCCCCC. The number of ether oxygens (including phenoxy) is 1.